The lowest BCUT2D eigenvalue weighted by atomic mass is 9.93. The SMILES string of the molecule is CC.CC.CC.O=C1C(=O)c2c(C(=O)c3ccccc3)coc2C(F)=C1F.O=C1C(=O)c2c(C(=O)c3ccccc3)coc2C=C1F.O=C1C=C(F)c2occ(C(=O)c3ccccc3)c2C1=O. The molecule has 0 aliphatic heterocycles. The van der Waals surface area contributed by atoms with Crippen molar-refractivity contribution >= 4 is 69.8 Å². The van der Waals surface area contributed by atoms with E-state index in [4.69, 9.17) is 13.3 Å². The zero-order valence-corrected chi connectivity index (χ0v) is 36.5. The van der Waals surface area contributed by atoms with Gasteiger partial charge in [-0.25, -0.2) is 8.78 Å². The van der Waals surface area contributed by atoms with Crippen molar-refractivity contribution in [3.63, 3.8) is 0 Å². The van der Waals surface area contributed by atoms with Gasteiger partial charge >= 0.3 is 0 Å². The maximum atomic E-state index is 13.6. The molecule has 0 fully saturated rings. The van der Waals surface area contributed by atoms with Crippen LogP contribution in [0.3, 0.4) is 0 Å². The highest BCUT2D eigenvalue weighted by molar-refractivity contribution is 6.53. The summed E-state index contributed by atoms with van der Waals surface area (Å²) in [7, 11) is 0. The molecule has 3 aliphatic carbocycles. The van der Waals surface area contributed by atoms with Crippen LogP contribution >= 0.6 is 0 Å². The van der Waals surface area contributed by atoms with Crippen LogP contribution in [0.4, 0.5) is 17.6 Å². The summed E-state index contributed by atoms with van der Waals surface area (Å²) in [5.74, 6) is -15.4. The fourth-order valence-corrected chi connectivity index (χ4v) is 6.14. The highest BCUT2D eigenvalue weighted by Gasteiger charge is 2.40. The molecule has 16 heteroatoms. The van der Waals surface area contributed by atoms with Crippen LogP contribution in [0.25, 0.3) is 17.7 Å². The van der Waals surface area contributed by atoms with Gasteiger partial charge in [-0.2, -0.15) is 8.78 Å². The van der Waals surface area contributed by atoms with Crippen molar-refractivity contribution in [1.29, 1.82) is 0 Å². The van der Waals surface area contributed by atoms with Crippen molar-refractivity contribution in [2.75, 3.05) is 0 Å². The van der Waals surface area contributed by atoms with Gasteiger partial charge in [-0.3, -0.25) is 43.2 Å². The van der Waals surface area contributed by atoms with E-state index in [0.29, 0.717) is 17.2 Å². The number of carbonyl (C=O) groups is 9. The van der Waals surface area contributed by atoms with E-state index in [1.54, 1.807) is 78.9 Å². The Labute approximate surface area is 379 Å². The Hall–Kier alpha value is -8.53. The maximum Gasteiger partial charge on any atom is 0.265 e. The van der Waals surface area contributed by atoms with Crippen LogP contribution in [-0.2, 0) is 14.4 Å². The van der Waals surface area contributed by atoms with E-state index in [2.05, 4.69) is 0 Å². The zero-order chi connectivity index (χ0) is 49.7. The Bertz CT molecular complexity index is 3000. The molecule has 342 valence electrons. The average molecular weight is 919 g/mol. The molecule has 3 aliphatic rings. The third kappa shape index (κ3) is 10.4. The van der Waals surface area contributed by atoms with Gasteiger partial charge in [-0.05, 0) is 0 Å². The number of halogens is 4. The van der Waals surface area contributed by atoms with E-state index in [9.17, 15) is 60.7 Å². The Balaban J connectivity index is 0.000000208. The van der Waals surface area contributed by atoms with Crippen LogP contribution in [0.5, 0.6) is 0 Å². The molecule has 67 heavy (non-hydrogen) atoms. The molecule has 3 heterocycles. The largest absolute Gasteiger partial charge is 0.463 e. The van der Waals surface area contributed by atoms with Crippen molar-refractivity contribution in [1.82, 2.24) is 0 Å². The van der Waals surface area contributed by atoms with Crippen LogP contribution in [0, 0.1) is 0 Å². The summed E-state index contributed by atoms with van der Waals surface area (Å²) in [4.78, 5) is 106. The van der Waals surface area contributed by atoms with Gasteiger partial charge in [-0.1, -0.05) is 133 Å². The van der Waals surface area contributed by atoms with E-state index < -0.39 is 86.7 Å². The van der Waals surface area contributed by atoms with E-state index in [1.807, 2.05) is 41.5 Å². The van der Waals surface area contributed by atoms with Gasteiger partial charge in [-0.15, -0.1) is 0 Å². The van der Waals surface area contributed by atoms with Crippen molar-refractivity contribution in [3.05, 3.63) is 195 Å². The highest BCUT2D eigenvalue weighted by atomic mass is 19.2. The van der Waals surface area contributed by atoms with Crippen molar-refractivity contribution in [2.45, 2.75) is 41.5 Å². The highest BCUT2D eigenvalue weighted by Crippen LogP contribution is 2.36. The second-order valence-corrected chi connectivity index (χ2v) is 12.8. The molecule has 3 aromatic carbocycles. The van der Waals surface area contributed by atoms with Crippen LogP contribution in [0.2, 0.25) is 0 Å². The standard InChI is InChI=1S/C15H6F2O4.2C15H7FO4.3C2H6/c16-10-11(17)15-9(13(19)14(10)20)8(6-21-15)12(18)7-4-2-1-3-5-7;16-10-6-11(17)14(19)12-9(7-20-15(10)12)13(18)8-4-2-1-3-5-8;16-10-6-11-12(15(19)14(10)18)9(7-20-11)13(17)8-4-2-1-3-5-8;3*1-2/h1-6H;2*1-7H;3*1-2H3. The second kappa shape index (κ2) is 22.9. The lowest BCUT2D eigenvalue weighted by Gasteiger charge is -2.07. The lowest BCUT2D eigenvalue weighted by molar-refractivity contribution is -0.113. The minimum absolute atomic E-state index is 0.0340. The van der Waals surface area contributed by atoms with E-state index in [-0.39, 0.29) is 44.9 Å². The minimum atomic E-state index is -1.81. The summed E-state index contributed by atoms with van der Waals surface area (Å²) in [6, 6.07) is 24.3. The molecule has 12 nitrogen and oxygen atoms in total. The Morgan fingerprint density at radius 2 is 0.761 bits per heavy atom. The monoisotopic (exact) mass is 918 g/mol. The Morgan fingerprint density at radius 3 is 1.21 bits per heavy atom. The number of Topliss-reactive ketones (excluding diaryl/α,β-unsaturated/α-hetero) is 5. The van der Waals surface area contributed by atoms with Gasteiger partial charge in [0.15, 0.2) is 40.5 Å². The van der Waals surface area contributed by atoms with Crippen LogP contribution in [0.15, 0.2) is 141 Å². The fourth-order valence-electron chi connectivity index (χ4n) is 6.14. The van der Waals surface area contributed by atoms with Crippen molar-refractivity contribution in [3.8, 4) is 0 Å². The number of benzene rings is 3. The summed E-state index contributed by atoms with van der Waals surface area (Å²) < 4.78 is 68.3. The van der Waals surface area contributed by atoms with E-state index >= 15 is 0 Å². The Kier molecular flexibility index (Phi) is 17.5. The summed E-state index contributed by atoms with van der Waals surface area (Å²) in [5, 5.41) is 0. The first-order valence-electron chi connectivity index (χ1n) is 20.4. The minimum Gasteiger partial charge on any atom is -0.463 e. The maximum absolute atomic E-state index is 13.6. The fraction of sp³-hybridized carbons (Fsp3) is 0.118. The first-order chi connectivity index (χ1) is 32.2. The third-order valence-electron chi connectivity index (χ3n) is 9.10. The predicted molar refractivity (Wildman–Crippen MR) is 235 cm³/mol. The summed E-state index contributed by atoms with van der Waals surface area (Å²) in [6.45, 7) is 12.0. The summed E-state index contributed by atoms with van der Waals surface area (Å²) >= 11 is 0. The van der Waals surface area contributed by atoms with Crippen molar-refractivity contribution in [2.24, 2.45) is 0 Å². The molecular formula is C51H38F4O12. The van der Waals surface area contributed by atoms with Crippen LogP contribution in [0.1, 0.15) is 138 Å². The molecule has 6 aromatic rings. The molecule has 0 spiro atoms. The third-order valence-corrected chi connectivity index (χ3v) is 9.10. The molecular weight excluding hydrogens is 881 g/mol. The molecule has 0 saturated heterocycles. The van der Waals surface area contributed by atoms with Gasteiger partial charge in [0.1, 0.15) is 24.5 Å². The first kappa shape index (κ1) is 51.1. The quantitative estimate of drug-likeness (QED) is 0.0873. The smallest absolute Gasteiger partial charge is 0.265 e. The number of rotatable bonds is 6. The zero-order valence-electron chi connectivity index (χ0n) is 36.5. The number of furan rings is 3. The normalized spacial score (nSPS) is 13.1. The number of fused-ring (bicyclic) bond motifs is 3. The van der Waals surface area contributed by atoms with E-state index in [0.717, 1.165) is 24.9 Å². The van der Waals surface area contributed by atoms with Gasteiger partial charge in [0, 0.05) is 28.8 Å². The number of allylic oxidation sites excluding steroid dienone is 3. The lowest BCUT2D eigenvalue weighted by Crippen LogP contribution is -2.22. The molecule has 0 unspecified atom stereocenters. The molecule has 9 rings (SSSR count). The van der Waals surface area contributed by atoms with Gasteiger partial charge in [0.05, 0.1) is 33.4 Å². The van der Waals surface area contributed by atoms with Gasteiger partial charge < -0.3 is 13.3 Å². The number of carbonyl (C=O) groups excluding carboxylic acids is 9. The number of hydrogen-bond donors (Lipinski definition) is 0. The molecule has 3 aromatic heterocycles. The molecule has 0 N–H and O–H groups in total. The van der Waals surface area contributed by atoms with E-state index in [1.165, 1.54) is 12.1 Å². The molecule has 0 saturated carbocycles. The van der Waals surface area contributed by atoms with Gasteiger partial charge in [0.2, 0.25) is 34.8 Å². The Morgan fingerprint density at radius 1 is 0.388 bits per heavy atom. The number of hydrogen-bond acceptors (Lipinski definition) is 12. The first-order valence-corrected chi connectivity index (χ1v) is 20.4. The molecule has 0 bridgehead atoms. The van der Waals surface area contributed by atoms with Crippen molar-refractivity contribution < 1.29 is 74.0 Å². The number of ketones is 9. The molecule has 0 radical (unpaired) electrons. The average Bonchev–Trinajstić information content (AvgIpc) is 4.15. The van der Waals surface area contributed by atoms with Crippen LogP contribution in [-0.4, -0.2) is 52.0 Å². The predicted octanol–water partition coefficient (Wildman–Crippen LogP) is 11.1. The second-order valence-electron chi connectivity index (χ2n) is 12.8. The van der Waals surface area contributed by atoms with Gasteiger partial charge in [0.25, 0.3) is 11.6 Å². The topological polar surface area (TPSA) is 193 Å². The molecule has 0 amide bonds. The summed E-state index contributed by atoms with van der Waals surface area (Å²) in [5.41, 5.74) is -0.505. The molecule has 0 atom stereocenters. The summed E-state index contributed by atoms with van der Waals surface area (Å²) in [6.07, 6.45) is 4.30. The van der Waals surface area contributed by atoms with Crippen LogP contribution < -0.4 is 0 Å².